The molecule has 3 aromatic rings. The summed E-state index contributed by atoms with van der Waals surface area (Å²) in [5.74, 6) is 0.0710. The molecule has 158 valence electrons. The topological polar surface area (TPSA) is 72.4 Å². The Hall–Kier alpha value is -3.14. The zero-order chi connectivity index (χ0) is 21.2. The fourth-order valence-corrected chi connectivity index (χ4v) is 4.92. The lowest BCUT2D eigenvalue weighted by atomic mass is 10.0. The molecular weight excluding hydrogens is 388 g/mol. The van der Waals surface area contributed by atoms with Crippen molar-refractivity contribution in [3.05, 3.63) is 71.4 Å². The summed E-state index contributed by atoms with van der Waals surface area (Å²) >= 11 is 0. The summed E-state index contributed by atoms with van der Waals surface area (Å²) in [5.41, 5.74) is 4.09. The molecule has 2 saturated heterocycles. The molecular formula is C25H26N4O2. The molecule has 1 N–H and O–H groups in total. The highest BCUT2D eigenvalue weighted by Gasteiger charge is 2.38. The monoisotopic (exact) mass is 414 g/mol. The van der Waals surface area contributed by atoms with E-state index in [0.29, 0.717) is 12.1 Å². The number of carbonyl (C=O) groups excluding carboxylic acids is 1. The van der Waals surface area contributed by atoms with Crippen LogP contribution in [0.5, 0.6) is 0 Å². The first-order valence-corrected chi connectivity index (χ1v) is 10.9. The molecule has 0 aliphatic carbocycles. The molecule has 2 fully saturated rings. The zero-order valence-electron chi connectivity index (χ0n) is 17.5. The van der Waals surface area contributed by atoms with Crippen molar-refractivity contribution in [3.63, 3.8) is 0 Å². The van der Waals surface area contributed by atoms with E-state index in [2.05, 4.69) is 34.2 Å². The van der Waals surface area contributed by atoms with Gasteiger partial charge in [-0.05, 0) is 42.2 Å². The van der Waals surface area contributed by atoms with E-state index in [0.717, 1.165) is 49.1 Å². The molecule has 6 heteroatoms. The minimum absolute atomic E-state index is 0.0679. The van der Waals surface area contributed by atoms with Crippen molar-refractivity contribution in [2.45, 2.75) is 38.1 Å². The number of fused-ring (bicyclic) bond motifs is 2. The number of aromatic amines is 1. The van der Waals surface area contributed by atoms with Crippen molar-refractivity contribution in [1.29, 1.82) is 5.26 Å². The largest absolute Gasteiger partial charge is 0.366 e. The van der Waals surface area contributed by atoms with Gasteiger partial charge in [0.05, 0.1) is 23.8 Å². The second kappa shape index (κ2) is 8.54. The number of amides is 1. The number of ether oxygens (including phenoxy) is 1. The number of rotatable bonds is 4. The third kappa shape index (κ3) is 4.07. The third-order valence-electron chi connectivity index (χ3n) is 6.52. The van der Waals surface area contributed by atoms with E-state index < -0.39 is 0 Å². The van der Waals surface area contributed by atoms with E-state index in [9.17, 15) is 4.79 Å². The molecule has 3 heterocycles. The lowest BCUT2D eigenvalue weighted by molar-refractivity contribution is -0.158. The highest BCUT2D eigenvalue weighted by atomic mass is 16.5. The predicted octanol–water partition coefficient (Wildman–Crippen LogP) is 3.43. The van der Waals surface area contributed by atoms with Crippen molar-refractivity contribution in [2.24, 2.45) is 0 Å². The quantitative estimate of drug-likeness (QED) is 0.710. The summed E-state index contributed by atoms with van der Waals surface area (Å²) in [6.07, 6.45) is 3.88. The molecule has 0 saturated carbocycles. The number of nitrogens with zero attached hydrogens (tertiary/aromatic N) is 3. The average Bonchev–Trinajstić information content (AvgIpc) is 3.09. The van der Waals surface area contributed by atoms with Gasteiger partial charge in [-0.2, -0.15) is 5.26 Å². The van der Waals surface area contributed by atoms with Crippen LogP contribution in [-0.2, 0) is 22.6 Å². The maximum Gasteiger partial charge on any atom is 0.249 e. The molecule has 6 nitrogen and oxygen atoms in total. The molecule has 0 spiro atoms. The fourth-order valence-electron chi connectivity index (χ4n) is 4.92. The number of para-hydroxylation sites is 1. The Morgan fingerprint density at radius 3 is 2.87 bits per heavy atom. The van der Waals surface area contributed by atoms with Gasteiger partial charge in [0.1, 0.15) is 6.61 Å². The minimum Gasteiger partial charge on any atom is -0.366 e. The number of hydrogen-bond acceptors (Lipinski definition) is 4. The van der Waals surface area contributed by atoms with Crippen LogP contribution < -0.4 is 0 Å². The number of likely N-dealkylation sites (tertiary alicyclic amines) is 1. The second-order valence-corrected chi connectivity index (χ2v) is 8.46. The summed E-state index contributed by atoms with van der Waals surface area (Å²) in [6.45, 7) is 3.41. The van der Waals surface area contributed by atoms with Crippen molar-refractivity contribution < 1.29 is 9.53 Å². The highest BCUT2D eigenvalue weighted by molar-refractivity contribution is 5.84. The Morgan fingerprint density at radius 1 is 1.10 bits per heavy atom. The number of nitrogens with one attached hydrogen (secondary N) is 1. The Morgan fingerprint density at radius 2 is 1.97 bits per heavy atom. The van der Waals surface area contributed by atoms with Crippen LogP contribution in [0.2, 0.25) is 0 Å². The average molecular weight is 415 g/mol. The summed E-state index contributed by atoms with van der Waals surface area (Å²) in [7, 11) is 0. The first kappa shape index (κ1) is 19.8. The third-order valence-corrected chi connectivity index (χ3v) is 6.52. The highest BCUT2D eigenvalue weighted by Crippen LogP contribution is 2.28. The SMILES string of the molecule is N#Cc1cccc(CN2CC[C@@H]3OCC(=O)N(Cc4c[nH]c5ccccc45)[C@H]3CC2)c1. The summed E-state index contributed by atoms with van der Waals surface area (Å²) < 4.78 is 5.98. The molecule has 2 aromatic carbocycles. The van der Waals surface area contributed by atoms with Crippen LogP contribution in [0, 0.1) is 11.3 Å². The molecule has 0 bridgehead atoms. The van der Waals surface area contributed by atoms with Crippen LogP contribution in [-0.4, -0.2) is 52.5 Å². The van der Waals surface area contributed by atoms with Crippen LogP contribution in [0.3, 0.4) is 0 Å². The van der Waals surface area contributed by atoms with E-state index in [-0.39, 0.29) is 24.7 Å². The molecule has 31 heavy (non-hydrogen) atoms. The molecule has 2 atom stereocenters. The number of hydrogen-bond donors (Lipinski definition) is 1. The van der Waals surface area contributed by atoms with Crippen molar-refractivity contribution in [3.8, 4) is 6.07 Å². The number of nitriles is 1. The first-order valence-electron chi connectivity index (χ1n) is 10.9. The number of morpholine rings is 1. The standard InChI is InChI=1S/C25H26N4O2/c26-13-18-4-3-5-19(12-18)15-28-10-8-23-24(9-11-28)31-17-25(30)29(23)16-20-14-27-22-7-2-1-6-21(20)22/h1-7,12,14,23-24,27H,8-11,15-17H2/t23-,24-/m0/s1. The van der Waals surface area contributed by atoms with Crippen LogP contribution in [0.4, 0.5) is 0 Å². The lowest BCUT2D eigenvalue weighted by Crippen LogP contribution is -2.53. The lowest BCUT2D eigenvalue weighted by Gasteiger charge is -2.40. The van der Waals surface area contributed by atoms with E-state index in [1.165, 1.54) is 5.39 Å². The van der Waals surface area contributed by atoms with Crippen molar-refractivity contribution in [2.75, 3.05) is 19.7 Å². The van der Waals surface area contributed by atoms with E-state index in [4.69, 9.17) is 10.00 Å². The fraction of sp³-hybridized carbons (Fsp3) is 0.360. The summed E-state index contributed by atoms with van der Waals surface area (Å²) in [4.78, 5) is 20.6. The van der Waals surface area contributed by atoms with Gasteiger partial charge >= 0.3 is 0 Å². The van der Waals surface area contributed by atoms with Gasteiger partial charge in [0.25, 0.3) is 0 Å². The van der Waals surface area contributed by atoms with Crippen molar-refractivity contribution >= 4 is 16.8 Å². The van der Waals surface area contributed by atoms with Gasteiger partial charge in [-0.15, -0.1) is 0 Å². The van der Waals surface area contributed by atoms with Crippen LogP contribution in [0.1, 0.15) is 29.5 Å². The number of carbonyl (C=O) groups is 1. The maximum atomic E-state index is 12.8. The smallest absolute Gasteiger partial charge is 0.249 e. The molecule has 1 aromatic heterocycles. The van der Waals surface area contributed by atoms with Crippen LogP contribution in [0.25, 0.3) is 10.9 Å². The Balaban J connectivity index is 1.31. The molecule has 0 unspecified atom stereocenters. The Kier molecular flexibility index (Phi) is 5.46. The number of aromatic nitrogens is 1. The predicted molar refractivity (Wildman–Crippen MR) is 118 cm³/mol. The zero-order valence-corrected chi connectivity index (χ0v) is 17.5. The maximum absolute atomic E-state index is 12.8. The van der Waals surface area contributed by atoms with Crippen LogP contribution in [0.15, 0.2) is 54.7 Å². The van der Waals surface area contributed by atoms with Gasteiger partial charge in [0.2, 0.25) is 5.91 Å². The van der Waals surface area contributed by atoms with Gasteiger partial charge in [-0.25, -0.2) is 0 Å². The minimum atomic E-state index is 0.0679. The van der Waals surface area contributed by atoms with E-state index in [1.807, 2.05) is 41.4 Å². The van der Waals surface area contributed by atoms with Gasteiger partial charge in [0, 0.05) is 43.3 Å². The molecule has 2 aliphatic rings. The van der Waals surface area contributed by atoms with Gasteiger partial charge in [-0.1, -0.05) is 30.3 Å². The summed E-state index contributed by atoms with van der Waals surface area (Å²) in [6, 6.07) is 18.3. The Labute approximate surface area is 182 Å². The van der Waals surface area contributed by atoms with Crippen LogP contribution >= 0.6 is 0 Å². The second-order valence-electron chi connectivity index (χ2n) is 8.46. The molecule has 5 rings (SSSR count). The Bertz CT molecular complexity index is 1130. The molecule has 2 aliphatic heterocycles. The van der Waals surface area contributed by atoms with E-state index >= 15 is 0 Å². The number of benzene rings is 2. The van der Waals surface area contributed by atoms with E-state index in [1.54, 1.807) is 0 Å². The van der Waals surface area contributed by atoms with Crippen molar-refractivity contribution in [1.82, 2.24) is 14.8 Å². The van der Waals surface area contributed by atoms with Gasteiger partial charge in [0.15, 0.2) is 0 Å². The summed E-state index contributed by atoms with van der Waals surface area (Å²) in [5, 5.41) is 10.3. The molecule has 0 radical (unpaired) electrons. The van der Waals surface area contributed by atoms with Gasteiger partial charge in [-0.3, -0.25) is 9.69 Å². The van der Waals surface area contributed by atoms with Gasteiger partial charge < -0.3 is 14.6 Å². The normalized spacial score (nSPS) is 22.2. The molecule has 1 amide bonds. The number of H-pyrrole nitrogens is 1. The first-order chi connectivity index (χ1) is 15.2.